The minimum atomic E-state index is 0.782. The number of rotatable bonds is 2. The van der Waals surface area contributed by atoms with E-state index in [1.54, 1.807) is 6.20 Å². The van der Waals surface area contributed by atoms with Crippen LogP contribution in [0.3, 0.4) is 0 Å². The molecule has 3 nitrogen and oxygen atoms in total. The van der Waals surface area contributed by atoms with Gasteiger partial charge in [-0.25, -0.2) is 0 Å². The molecule has 82 valence electrons. The summed E-state index contributed by atoms with van der Waals surface area (Å²) in [7, 11) is 2.19. The maximum atomic E-state index is 4.16. The second kappa shape index (κ2) is 5.03. The van der Waals surface area contributed by atoms with E-state index in [9.17, 15) is 0 Å². The van der Waals surface area contributed by atoms with Crippen LogP contribution in [-0.4, -0.2) is 35.2 Å². The summed E-state index contributed by atoms with van der Waals surface area (Å²) in [6, 6.07) is 2.07. The van der Waals surface area contributed by atoms with E-state index in [1.807, 2.05) is 0 Å². The van der Waals surface area contributed by atoms with Gasteiger partial charge >= 0.3 is 0 Å². The highest BCUT2D eigenvalue weighted by molar-refractivity contribution is 9.10. The van der Waals surface area contributed by atoms with E-state index < -0.39 is 0 Å². The molecule has 0 spiro atoms. The standard InChI is InChI=1S/C11H16BrN3/c1-15-4-2-9(3-5-15)6-11-7-10(12)8-13-14-11/h7-9H,2-6H2,1H3. The monoisotopic (exact) mass is 269 g/mol. The third kappa shape index (κ3) is 3.24. The Hall–Kier alpha value is -0.480. The van der Waals surface area contributed by atoms with E-state index in [2.05, 4.69) is 44.1 Å². The largest absolute Gasteiger partial charge is 0.306 e. The van der Waals surface area contributed by atoms with Crippen LogP contribution in [0.25, 0.3) is 0 Å². The van der Waals surface area contributed by atoms with Gasteiger partial charge < -0.3 is 4.90 Å². The highest BCUT2D eigenvalue weighted by atomic mass is 79.9. The van der Waals surface area contributed by atoms with Gasteiger partial charge in [-0.05, 0) is 67.3 Å². The Balaban J connectivity index is 1.92. The first kappa shape index (κ1) is 11.0. The van der Waals surface area contributed by atoms with Crippen molar-refractivity contribution in [3.05, 3.63) is 22.4 Å². The third-order valence-corrected chi connectivity index (χ3v) is 3.44. The quantitative estimate of drug-likeness (QED) is 0.824. The topological polar surface area (TPSA) is 29.0 Å². The maximum Gasteiger partial charge on any atom is 0.0645 e. The summed E-state index contributed by atoms with van der Waals surface area (Å²) in [5.74, 6) is 0.782. The molecule has 1 saturated heterocycles. The summed E-state index contributed by atoms with van der Waals surface area (Å²) in [6.07, 6.45) is 5.37. The minimum absolute atomic E-state index is 0.782. The Kier molecular flexibility index (Phi) is 3.70. The Morgan fingerprint density at radius 2 is 2.20 bits per heavy atom. The molecule has 2 rings (SSSR count). The number of likely N-dealkylation sites (tertiary alicyclic amines) is 1. The van der Waals surface area contributed by atoms with Crippen molar-refractivity contribution in [2.75, 3.05) is 20.1 Å². The number of nitrogens with zero attached hydrogens (tertiary/aromatic N) is 3. The van der Waals surface area contributed by atoms with Crippen LogP contribution in [0.15, 0.2) is 16.7 Å². The fourth-order valence-electron chi connectivity index (χ4n) is 2.05. The Labute approximate surface area is 99.0 Å². The van der Waals surface area contributed by atoms with Crippen LogP contribution in [0.4, 0.5) is 0 Å². The van der Waals surface area contributed by atoms with E-state index in [0.29, 0.717) is 0 Å². The van der Waals surface area contributed by atoms with Gasteiger partial charge in [-0.2, -0.15) is 10.2 Å². The highest BCUT2D eigenvalue weighted by Gasteiger charge is 2.17. The molecule has 0 amide bonds. The summed E-state index contributed by atoms with van der Waals surface area (Å²) in [5.41, 5.74) is 1.11. The van der Waals surface area contributed by atoms with Crippen molar-refractivity contribution in [3.8, 4) is 0 Å². The molecule has 1 fully saturated rings. The molecule has 1 aromatic rings. The lowest BCUT2D eigenvalue weighted by atomic mass is 9.92. The van der Waals surface area contributed by atoms with E-state index in [0.717, 1.165) is 22.5 Å². The SMILES string of the molecule is CN1CCC(Cc2cc(Br)cnn2)CC1. The summed E-state index contributed by atoms with van der Waals surface area (Å²) in [6.45, 7) is 2.43. The molecule has 0 aromatic carbocycles. The maximum absolute atomic E-state index is 4.16. The summed E-state index contributed by atoms with van der Waals surface area (Å²) >= 11 is 3.43. The van der Waals surface area contributed by atoms with E-state index >= 15 is 0 Å². The number of halogens is 1. The van der Waals surface area contributed by atoms with E-state index in [-0.39, 0.29) is 0 Å². The van der Waals surface area contributed by atoms with E-state index in [1.165, 1.54) is 25.9 Å². The molecule has 1 aliphatic heterocycles. The van der Waals surface area contributed by atoms with Gasteiger partial charge in [-0.15, -0.1) is 0 Å². The van der Waals surface area contributed by atoms with Crippen molar-refractivity contribution in [2.45, 2.75) is 19.3 Å². The van der Waals surface area contributed by atoms with Crippen molar-refractivity contribution >= 4 is 15.9 Å². The van der Waals surface area contributed by atoms with Gasteiger partial charge in [0.25, 0.3) is 0 Å². The van der Waals surface area contributed by atoms with Gasteiger partial charge in [-0.1, -0.05) is 0 Å². The van der Waals surface area contributed by atoms with Crippen molar-refractivity contribution in [2.24, 2.45) is 5.92 Å². The fourth-order valence-corrected chi connectivity index (χ4v) is 2.40. The van der Waals surface area contributed by atoms with Gasteiger partial charge in [-0.3, -0.25) is 0 Å². The molecule has 4 heteroatoms. The first-order chi connectivity index (χ1) is 7.24. The average molecular weight is 270 g/mol. The highest BCUT2D eigenvalue weighted by Crippen LogP contribution is 2.20. The van der Waals surface area contributed by atoms with Crippen molar-refractivity contribution < 1.29 is 0 Å². The van der Waals surface area contributed by atoms with Gasteiger partial charge in [0, 0.05) is 4.47 Å². The molecule has 0 bridgehead atoms. The number of piperidine rings is 1. The van der Waals surface area contributed by atoms with Gasteiger partial charge in [0.05, 0.1) is 11.9 Å². The zero-order valence-corrected chi connectivity index (χ0v) is 10.6. The lowest BCUT2D eigenvalue weighted by Gasteiger charge is -2.28. The molecule has 0 atom stereocenters. The Morgan fingerprint density at radius 1 is 1.47 bits per heavy atom. The molecule has 1 aromatic heterocycles. The fraction of sp³-hybridized carbons (Fsp3) is 0.636. The molecule has 0 unspecified atom stereocenters. The van der Waals surface area contributed by atoms with Crippen LogP contribution in [0, 0.1) is 5.92 Å². The molecule has 0 saturated carbocycles. The molecular weight excluding hydrogens is 254 g/mol. The average Bonchev–Trinajstić information content (AvgIpc) is 2.22. The van der Waals surface area contributed by atoms with Gasteiger partial charge in [0.2, 0.25) is 0 Å². The lowest BCUT2D eigenvalue weighted by Crippen LogP contribution is -2.31. The molecule has 1 aliphatic rings. The minimum Gasteiger partial charge on any atom is -0.306 e. The second-order valence-corrected chi connectivity index (χ2v) is 5.23. The van der Waals surface area contributed by atoms with Crippen molar-refractivity contribution in [3.63, 3.8) is 0 Å². The normalized spacial score (nSPS) is 19.3. The molecule has 2 heterocycles. The summed E-state index contributed by atoms with van der Waals surface area (Å²) < 4.78 is 1.03. The summed E-state index contributed by atoms with van der Waals surface area (Å²) in [5, 5.41) is 8.12. The number of aromatic nitrogens is 2. The smallest absolute Gasteiger partial charge is 0.0645 e. The van der Waals surface area contributed by atoms with Gasteiger partial charge in [0.15, 0.2) is 0 Å². The van der Waals surface area contributed by atoms with Gasteiger partial charge in [0.1, 0.15) is 0 Å². The van der Waals surface area contributed by atoms with E-state index in [4.69, 9.17) is 0 Å². The zero-order valence-electron chi connectivity index (χ0n) is 8.99. The molecule has 0 N–H and O–H groups in total. The van der Waals surface area contributed by atoms with Crippen LogP contribution in [0.1, 0.15) is 18.5 Å². The molecule has 0 radical (unpaired) electrons. The van der Waals surface area contributed by atoms with Crippen LogP contribution in [0.2, 0.25) is 0 Å². The lowest BCUT2D eigenvalue weighted by molar-refractivity contribution is 0.218. The number of hydrogen-bond acceptors (Lipinski definition) is 3. The third-order valence-electron chi connectivity index (χ3n) is 3.01. The first-order valence-electron chi connectivity index (χ1n) is 5.39. The van der Waals surface area contributed by atoms with Crippen molar-refractivity contribution in [1.29, 1.82) is 0 Å². The molecule has 15 heavy (non-hydrogen) atoms. The van der Waals surface area contributed by atoms with Crippen molar-refractivity contribution in [1.82, 2.24) is 15.1 Å². The second-order valence-electron chi connectivity index (χ2n) is 4.32. The molecular formula is C11H16BrN3. The zero-order chi connectivity index (χ0) is 10.7. The predicted molar refractivity (Wildman–Crippen MR) is 63.7 cm³/mol. The van der Waals surface area contributed by atoms with Crippen LogP contribution in [0.5, 0.6) is 0 Å². The first-order valence-corrected chi connectivity index (χ1v) is 6.19. The van der Waals surface area contributed by atoms with Crippen LogP contribution >= 0.6 is 15.9 Å². The van der Waals surface area contributed by atoms with Crippen LogP contribution < -0.4 is 0 Å². The summed E-state index contributed by atoms with van der Waals surface area (Å²) in [4.78, 5) is 2.39. The molecule has 0 aliphatic carbocycles. The van der Waals surface area contributed by atoms with Crippen LogP contribution in [-0.2, 0) is 6.42 Å². The Morgan fingerprint density at radius 3 is 2.87 bits per heavy atom. The number of hydrogen-bond donors (Lipinski definition) is 0. The predicted octanol–water partition coefficient (Wildman–Crippen LogP) is 2.12. The Bertz CT molecular complexity index is 321.